The zero-order chi connectivity index (χ0) is 21.3. The third-order valence-electron chi connectivity index (χ3n) is 6.00. The minimum atomic E-state index is -1.87. The lowest BCUT2D eigenvalue weighted by atomic mass is 9.86. The van der Waals surface area contributed by atoms with Gasteiger partial charge in [-0.05, 0) is 49.7 Å². The molecule has 0 radical (unpaired) electrons. The molecule has 1 aromatic carbocycles. The normalized spacial score (nSPS) is 14.3. The molecule has 1 N–H and O–H groups in total. The molecule has 0 saturated carbocycles. The van der Waals surface area contributed by atoms with Crippen LogP contribution in [0.5, 0.6) is 0 Å². The smallest absolute Gasteiger partial charge is 0.191 e. The molecule has 6 heteroatoms. The minimum absolute atomic E-state index is 0.00162. The Kier molecular flexibility index (Phi) is 6.87. The molecule has 0 spiro atoms. The number of aromatic nitrogens is 1. The first-order valence-electron chi connectivity index (χ1n) is 9.77. The van der Waals surface area contributed by atoms with Crippen molar-refractivity contribution in [1.82, 2.24) is 4.57 Å². The van der Waals surface area contributed by atoms with Crippen LogP contribution in [-0.2, 0) is 16.4 Å². The van der Waals surface area contributed by atoms with Crippen LogP contribution < -0.4 is 0 Å². The van der Waals surface area contributed by atoms with E-state index in [0.717, 1.165) is 20.9 Å². The largest absolute Gasteiger partial charge is 0.416 e. The first-order valence-corrected chi connectivity index (χ1v) is 13.5. The predicted molar refractivity (Wildman–Crippen MR) is 122 cm³/mol. The third kappa shape index (κ3) is 4.88. The first kappa shape index (κ1) is 23.1. The molecule has 2 aromatic rings. The van der Waals surface area contributed by atoms with Gasteiger partial charge in [-0.2, -0.15) is 5.26 Å². The Hall–Kier alpha value is -1.13. The van der Waals surface area contributed by atoms with Crippen LogP contribution in [0.15, 0.2) is 28.9 Å². The van der Waals surface area contributed by atoms with Gasteiger partial charge in [0.1, 0.15) is 0 Å². The Morgan fingerprint density at radius 3 is 2.43 bits per heavy atom. The lowest BCUT2D eigenvalue weighted by Gasteiger charge is -2.37. The molecule has 4 nitrogen and oxygen atoms in total. The molecular weight excluding hydrogens is 432 g/mol. The zero-order valence-electron chi connectivity index (χ0n) is 18.1. The molecule has 1 aromatic heterocycles. The molecule has 0 fully saturated rings. The van der Waals surface area contributed by atoms with Gasteiger partial charge in [0.25, 0.3) is 0 Å². The highest BCUT2D eigenvalue weighted by atomic mass is 79.9. The number of fused-ring (bicyclic) bond motifs is 1. The van der Waals surface area contributed by atoms with Gasteiger partial charge in [-0.3, -0.25) is 0 Å². The van der Waals surface area contributed by atoms with E-state index in [2.05, 4.69) is 78.8 Å². The molecule has 2 rings (SSSR count). The zero-order valence-corrected chi connectivity index (χ0v) is 20.7. The second kappa shape index (κ2) is 8.31. The van der Waals surface area contributed by atoms with Crippen molar-refractivity contribution in [2.75, 3.05) is 13.2 Å². The van der Waals surface area contributed by atoms with Gasteiger partial charge in [0.2, 0.25) is 0 Å². The Morgan fingerprint density at radius 1 is 1.25 bits per heavy atom. The molecule has 1 unspecified atom stereocenters. The van der Waals surface area contributed by atoms with Crippen LogP contribution in [0.4, 0.5) is 0 Å². The number of hydrogen-bond acceptors (Lipinski definition) is 3. The lowest BCUT2D eigenvalue weighted by Crippen LogP contribution is -2.42. The number of hydrogen-bond donors (Lipinski definition) is 1. The van der Waals surface area contributed by atoms with E-state index in [1.807, 2.05) is 19.9 Å². The van der Waals surface area contributed by atoms with Crippen LogP contribution in [0.25, 0.3) is 10.9 Å². The minimum Gasteiger partial charge on any atom is -0.416 e. The highest BCUT2D eigenvalue weighted by Crippen LogP contribution is 2.37. The molecular formula is C22H33BrN2O2Si. The summed E-state index contributed by atoms with van der Waals surface area (Å²) in [4.78, 5) is 0. The van der Waals surface area contributed by atoms with Crippen LogP contribution in [0.1, 0.15) is 40.2 Å². The molecule has 28 heavy (non-hydrogen) atoms. The standard InChI is InChI=1S/C22H33BrN2O2Si/c1-21(2,3)28(6,7)27-14-16(13-26)11-25-12-19(22(4,5)15-24)18-9-8-17(23)10-20(18)25/h8-10,12,16,26H,11,13-14H2,1-7H3. The molecule has 0 aliphatic carbocycles. The van der Waals surface area contributed by atoms with Gasteiger partial charge >= 0.3 is 0 Å². The van der Waals surface area contributed by atoms with E-state index in [4.69, 9.17) is 4.43 Å². The predicted octanol–water partition coefficient (Wildman–Crippen LogP) is 5.84. The lowest BCUT2D eigenvalue weighted by molar-refractivity contribution is 0.142. The Balaban J connectivity index is 2.34. The third-order valence-corrected chi connectivity index (χ3v) is 11.0. The van der Waals surface area contributed by atoms with Gasteiger partial charge in [0, 0.05) is 47.2 Å². The maximum Gasteiger partial charge on any atom is 0.191 e. The van der Waals surface area contributed by atoms with Crippen molar-refractivity contribution >= 4 is 35.2 Å². The Labute approximate surface area is 178 Å². The summed E-state index contributed by atoms with van der Waals surface area (Å²) in [5.41, 5.74) is 1.50. The molecule has 0 saturated heterocycles. The van der Waals surface area contributed by atoms with Crippen molar-refractivity contribution in [2.45, 2.75) is 64.7 Å². The SMILES string of the molecule is CC(C)(C#N)c1cn(CC(CO)CO[Si](C)(C)C(C)(C)C)c2cc(Br)ccc12. The van der Waals surface area contributed by atoms with Crippen LogP contribution in [0, 0.1) is 17.2 Å². The Morgan fingerprint density at radius 2 is 1.89 bits per heavy atom. The average Bonchev–Trinajstić information content (AvgIpc) is 2.96. The van der Waals surface area contributed by atoms with Crippen molar-refractivity contribution in [3.8, 4) is 6.07 Å². The molecule has 0 bridgehead atoms. The number of rotatable bonds is 7. The summed E-state index contributed by atoms with van der Waals surface area (Å²) >= 11 is 3.56. The van der Waals surface area contributed by atoms with Crippen molar-refractivity contribution in [3.05, 3.63) is 34.4 Å². The highest BCUT2D eigenvalue weighted by Gasteiger charge is 2.37. The van der Waals surface area contributed by atoms with Gasteiger partial charge in [-0.1, -0.05) is 42.8 Å². The summed E-state index contributed by atoms with van der Waals surface area (Å²) in [6, 6.07) is 8.56. The van der Waals surface area contributed by atoms with E-state index >= 15 is 0 Å². The van der Waals surface area contributed by atoms with E-state index < -0.39 is 13.7 Å². The maximum atomic E-state index is 9.99. The summed E-state index contributed by atoms with van der Waals surface area (Å²) in [6.07, 6.45) is 2.06. The number of nitrogens with zero attached hydrogens (tertiary/aromatic N) is 2. The quantitative estimate of drug-likeness (QED) is 0.523. The monoisotopic (exact) mass is 464 g/mol. The van der Waals surface area contributed by atoms with Gasteiger partial charge in [-0.15, -0.1) is 0 Å². The molecule has 0 amide bonds. The van der Waals surface area contributed by atoms with Crippen LogP contribution in [0.2, 0.25) is 18.1 Å². The van der Waals surface area contributed by atoms with E-state index in [0.29, 0.717) is 13.2 Å². The number of benzene rings is 1. The summed E-state index contributed by atoms with van der Waals surface area (Å²) < 4.78 is 9.51. The van der Waals surface area contributed by atoms with Crippen molar-refractivity contribution in [1.29, 1.82) is 5.26 Å². The van der Waals surface area contributed by atoms with E-state index in [1.54, 1.807) is 0 Å². The van der Waals surface area contributed by atoms with Gasteiger partial charge in [0.15, 0.2) is 8.32 Å². The van der Waals surface area contributed by atoms with Crippen molar-refractivity contribution in [2.24, 2.45) is 5.92 Å². The van der Waals surface area contributed by atoms with Crippen LogP contribution >= 0.6 is 15.9 Å². The number of halogens is 1. The number of aliphatic hydroxyl groups excluding tert-OH is 1. The molecule has 0 aliphatic heterocycles. The summed E-state index contributed by atoms with van der Waals surface area (Å²) in [6.45, 7) is 16.3. The summed E-state index contributed by atoms with van der Waals surface area (Å²) in [5.74, 6) is 0.00162. The van der Waals surface area contributed by atoms with E-state index in [1.165, 1.54) is 0 Å². The maximum absolute atomic E-state index is 9.99. The Bertz CT molecular complexity index is 875. The van der Waals surface area contributed by atoms with Gasteiger partial charge < -0.3 is 14.1 Å². The molecule has 1 atom stereocenters. The molecule has 1 heterocycles. The van der Waals surface area contributed by atoms with E-state index in [-0.39, 0.29) is 17.6 Å². The van der Waals surface area contributed by atoms with Crippen molar-refractivity contribution < 1.29 is 9.53 Å². The first-order chi connectivity index (χ1) is 12.8. The van der Waals surface area contributed by atoms with Gasteiger partial charge in [0.05, 0.1) is 11.5 Å². The number of aliphatic hydroxyl groups is 1. The fourth-order valence-corrected chi connectivity index (χ4v) is 4.39. The fraction of sp³-hybridized carbons (Fsp3) is 0.591. The average molecular weight is 466 g/mol. The molecule has 154 valence electrons. The summed E-state index contributed by atoms with van der Waals surface area (Å²) in [5, 5.41) is 20.8. The second-order valence-corrected chi connectivity index (χ2v) is 15.4. The van der Waals surface area contributed by atoms with Crippen molar-refractivity contribution in [3.63, 3.8) is 0 Å². The summed E-state index contributed by atoms with van der Waals surface area (Å²) in [7, 11) is -1.87. The van der Waals surface area contributed by atoms with Gasteiger partial charge in [-0.25, -0.2) is 0 Å². The highest BCUT2D eigenvalue weighted by molar-refractivity contribution is 9.10. The van der Waals surface area contributed by atoms with Crippen LogP contribution in [0.3, 0.4) is 0 Å². The molecule has 0 aliphatic rings. The topological polar surface area (TPSA) is 58.2 Å². The van der Waals surface area contributed by atoms with Crippen LogP contribution in [-0.4, -0.2) is 31.2 Å². The second-order valence-electron chi connectivity index (χ2n) is 9.71. The number of nitriles is 1. The van der Waals surface area contributed by atoms with E-state index in [9.17, 15) is 10.4 Å². The fourth-order valence-electron chi connectivity index (χ4n) is 2.96.